The second kappa shape index (κ2) is 6.35. The van der Waals surface area contributed by atoms with Crippen LogP contribution in [0.2, 0.25) is 0 Å². The van der Waals surface area contributed by atoms with Crippen molar-refractivity contribution >= 4 is 21.7 Å². The molecule has 0 aliphatic carbocycles. The predicted octanol–water partition coefficient (Wildman–Crippen LogP) is 0.788. The normalized spacial score (nSPS) is 11.1. The lowest BCUT2D eigenvalue weighted by Gasteiger charge is -2.11. The molecule has 0 aliphatic heterocycles. The van der Waals surface area contributed by atoms with Crippen molar-refractivity contribution in [3.05, 3.63) is 40.8 Å². The van der Waals surface area contributed by atoms with Gasteiger partial charge in [0.05, 0.1) is 0 Å². The maximum absolute atomic E-state index is 12.3. The monoisotopic (exact) mass is 309 g/mol. The minimum absolute atomic E-state index is 0.0199. The summed E-state index contributed by atoms with van der Waals surface area (Å²) in [4.78, 5) is 15.0. The number of H-pyrrole nitrogens is 1. The Balaban J connectivity index is 2.31. The van der Waals surface area contributed by atoms with Crippen molar-refractivity contribution in [3.63, 3.8) is 0 Å². The van der Waals surface area contributed by atoms with Gasteiger partial charge in [0.1, 0.15) is 10.7 Å². The van der Waals surface area contributed by atoms with Gasteiger partial charge in [-0.25, -0.2) is 18.5 Å². The fourth-order valence-electron chi connectivity index (χ4n) is 1.58. The number of nitrogens with zero attached hydrogens (tertiary/aromatic N) is 2. The molecule has 0 spiro atoms. The quantitative estimate of drug-likeness (QED) is 0.726. The van der Waals surface area contributed by atoms with Gasteiger partial charge >= 0.3 is 0 Å². The standard InChI is InChI=1S/C12H15N5O3S/c1-2-7-13-12-9(4-3-8-14-12)21(19,20)17-10-5-6-11(18)16-15-10/h3-6,8H,2,7H2,1H3,(H,13,14)(H,15,17)(H,16,18). The van der Waals surface area contributed by atoms with Gasteiger partial charge in [0.25, 0.3) is 15.6 Å². The molecule has 0 aromatic carbocycles. The Morgan fingerprint density at radius 3 is 2.76 bits per heavy atom. The summed E-state index contributed by atoms with van der Waals surface area (Å²) < 4.78 is 27.0. The molecule has 21 heavy (non-hydrogen) atoms. The summed E-state index contributed by atoms with van der Waals surface area (Å²) in [6.07, 6.45) is 2.35. The van der Waals surface area contributed by atoms with Crippen LogP contribution in [0.4, 0.5) is 11.6 Å². The van der Waals surface area contributed by atoms with Gasteiger partial charge in [-0.15, -0.1) is 0 Å². The van der Waals surface area contributed by atoms with E-state index in [2.05, 4.69) is 25.2 Å². The maximum Gasteiger partial charge on any atom is 0.266 e. The van der Waals surface area contributed by atoms with E-state index in [0.717, 1.165) is 6.42 Å². The highest BCUT2D eigenvalue weighted by molar-refractivity contribution is 7.92. The van der Waals surface area contributed by atoms with Gasteiger partial charge in [-0.05, 0) is 24.6 Å². The minimum atomic E-state index is -3.85. The van der Waals surface area contributed by atoms with Crippen LogP contribution in [0.15, 0.2) is 40.2 Å². The summed E-state index contributed by atoms with van der Waals surface area (Å²) in [6, 6.07) is 5.45. The van der Waals surface area contributed by atoms with Gasteiger partial charge in [-0.2, -0.15) is 5.10 Å². The van der Waals surface area contributed by atoms with Crippen LogP contribution in [0, 0.1) is 0 Å². The molecule has 2 heterocycles. The molecule has 9 heteroatoms. The summed E-state index contributed by atoms with van der Waals surface area (Å²) in [6.45, 7) is 2.57. The molecule has 0 fully saturated rings. The van der Waals surface area contributed by atoms with Gasteiger partial charge in [0.2, 0.25) is 0 Å². The molecule has 2 rings (SSSR count). The Labute approximate surface area is 121 Å². The van der Waals surface area contributed by atoms with Crippen LogP contribution in [-0.2, 0) is 10.0 Å². The van der Waals surface area contributed by atoms with Gasteiger partial charge in [0, 0.05) is 18.8 Å². The average Bonchev–Trinajstić information content (AvgIpc) is 2.47. The largest absolute Gasteiger partial charge is 0.369 e. The van der Waals surface area contributed by atoms with Crippen molar-refractivity contribution in [2.45, 2.75) is 18.2 Å². The molecule has 0 saturated heterocycles. The molecule has 0 bridgehead atoms. The third-order valence-corrected chi connectivity index (χ3v) is 3.91. The molecule has 3 N–H and O–H groups in total. The van der Waals surface area contributed by atoms with E-state index >= 15 is 0 Å². The zero-order valence-corrected chi connectivity index (χ0v) is 12.1. The third-order valence-electron chi connectivity index (χ3n) is 2.52. The van der Waals surface area contributed by atoms with Crippen LogP contribution in [0.25, 0.3) is 0 Å². The molecule has 0 amide bonds. The number of sulfonamides is 1. The van der Waals surface area contributed by atoms with E-state index in [1.54, 1.807) is 0 Å². The molecule has 0 unspecified atom stereocenters. The van der Waals surface area contributed by atoms with Crippen LogP contribution in [0.3, 0.4) is 0 Å². The molecule has 2 aromatic heterocycles. The summed E-state index contributed by atoms with van der Waals surface area (Å²) in [5.41, 5.74) is -0.412. The number of pyridine rings is 1. The Morgan fingerprint density at radius 1 is 1.29 bits per heavy atom. The SMILES string of the molecule is CCCNc1ncccc1S(=O)(=O)Nc1ccc(=O)[nH]n1. The Hall–Kier alpha value is -2.42. The van der Waals surface area contributed by atoms with Crippen molar-refractivity contribution in [1.82, 2.24) is 15.2 Å². The number of hydrogen-bond acceptors (Lipinski definition) is 6. The summed E-state index contributed by atoms with van der Waals surface area (Å²) in [5.74, 6) is 0.302. The van der Waals surface area contributed by atoms with Crippen molar-refractivity contribution in [2.24, 2.45) is 0 Å². The number of aromatic amines is 1. The van der Waals surface area contributed by atoms with Crippen molar-refractivity contribution in [2.75, 3.05) is 16.6 Å². The first kappa shape index (κ1) is 15.0. The van der Waals surface area contributed by atoms with Crippen LogP contribution >= 0.6 is 0 Å². The average molecular weight is 309 g/mol. The van der Waals surface area contributed by atoms with E-state index in [4.69, 9.17) is 0 Å². The third kappa shape index (κ3) is 3.78. The molecular weight excluding hydrogens is 294 g/mol. The second-order valence-electron chi connectivity index (χ2n) is 4.19. The first-order valence-electron chi connectivity index (χ1n) is 6.30. The smallest absolute Gasteiger partial charge is 0.266 e. The Kier molecular flexibility index (Phi) is 4.53. The number of nitrogens with one attached hydrogen (secondary N) is 3. The Bertz CT molecular complexity index is 752. The number of anilines is 2. The number of rotatable bonds is 6. The molecule has 0 aliphatic rings. The van der Waals surface area contributed by atoms with Gasteiger partial charge in [0.15, 0.2) is 5.82 Å². The fraction of sp³-hybridized carbons (Fsp3) is 0.250. The van der Waals surface area contributed by atoms with Gasteiger partial charge < -0.3 is 5.32 Å². The molecule has 0 radical (unpaired) electrons. The predicted molar refractivity (Wildman–Crippen MR) is 78.7 cm³/mol. The topological polar surface area (TPSA) is 117 Å². The molecule has 2 aromatic rings. The lowest BCUT2D eigenvalue weighted by atomic mass is 10.4. The van der Waals surface area contributed by atoms with Gasteiger partial charge in [-0.1, -0.05) is 6.92 Å². The second-order valence-corrected chi connectivity index (χ2v) is 5.84. The van der Waals surface area contributed by atoms with E-state index in [0.29, 0.717) is 6.54 Å². The highest BCUT2D eigenvalue weighted by atomic mass is 32.2. The van der Waals surface area contributed by atoms with E-state index in [1.165, 1.54) is 30.5 Å². The fourth-order valence-corrected chi connectivity index (χ4v) is 2.71. The molecule has 0 saturated carbocycles. The molecule has 112 valence electrons. The number of aromatic nitrogens is 3. The lowest BCUT2D eigenvalue weighted by molar-refractivity contribution is 0.600. The summed E-state index contributed by atoms with van der Waals surface area (Å²) >= 11 is 0. The maximum atomic E-state index is 12.3. The van der Waals surface area contributed by atoms with Gasteiger partial charge in [-0.3, -0.25) is 9.52 Å². The molecular formula is C12H15N5O3S. The van der Waals surface area contributed by atoms with Crippen LogP contribution in [0.5, 0.6) is 0 Å². The van der Waals surface area contributed by atoms with Crippen molar-refractivity contribution < 1.29 is 8.42 Å². The lowest BCUT2D eigenvalue weighted by Crippen LogP contribution is -2.18. The van der Waals surface area contributed by atoms with Crippen molar-refractivity contribution in [3.8, 4) is 0 Å². The van der Waals surface area contributed by atoms with E-state index in [9.17, 15) is 13.2 Å². The van der Waals surface area contributed by atoms with Crippen LogP contribution < -0.4 is 15.6 Å². The number of hydrogen-bond donors (Lipinski definition) is 3. The first-order chi connectivity index (χ1) is 10.0. The zero-order valence-electron chi connectivity index (χ0n) is 11.3. The van der Waals surface area contributed by atoms with Crippen LogP contribution in [-0.4, -0.2) is 30.1 Å². The van der Waals surface area contributed by atoms with Crippen LogP contribution in [0.1, 0.15) is 13.3 Å². The summed E-state index contributed by atoms with van der Waals surface area (Å²) in [5, 5.41) is 8.73. The molecule has 8 nitrogen and oxygen atoms in total. The highest BCUT2D eigenvalue weighted by Crippen LogP contribution is 2.20. The van der Waals surface area contributed by atoms with Crippen molar-refractivity contribution in [1.29, 1.82) is 0 Å². The first-order valence-corrected chi connectivity index (χ1v) is 7.78. The minimum Gasteiger partial charge on any atom is -0.369 e. The zero-order chi connectivity index (χ0) is 15.3. The summed E-state index contributed by atoms with van der Waals surface area (Å²) in [7, 11) is -3.85. The van der Waals surface area contributed by atoms with E-state index in [-0.39, 0.29) is 16.5 Å². The Morgan fingerprint density at radius 2 is 2.10 bits per heavy atom. The molecule has 0 atom stereocenters. The highest BCUT2D eigenvalue weighted by Gasteiger charge is 2.19. The van der Waals surface area contributed by atoms with E-state index in [1.807, 2.05) is 6.92 Å². The van der Waals surface area contributed by atoms with E-state index < -0.39 is 15.6 Å².